The van der Waals surface area contributed by atoms with Crippen molar-refractivity contribution in [3.63, 3.8) is 0 Å². The SMILES string of the molecule is COc1ccc2c(c1)[C@H](NC(=O)COc1ccc(N(C)S(C)(=O)=O)cc1)CC(C)(C)O2. The molecule has 9 heteroatoms. The molecular weight excluding hydrogens is 420 g/mol. The molecule has 0 radical (unpaired) electrons. The first-order valence-corrected chi connectivity index (χ1v) is 11.7. The highest BCUT2D eigenvalue weighted by Crippen LogP contribution is 2.41. The van der Waals surface area contributed by atoms with Crippen molar-refractivity contribution in [2.75, 3.05) is 31.3 Å². The molecule has 0 bridgehead atoms. The number of sulfonamides is 1. The number of ether oxygens (including phenoxy) is 3. The molecule has 0 saturated carbocycles. The highest BCUT2D eigenvalue weighted by atomic mass is 32.2. The van der Waals surface area contributed by atoms with Gasteiger partial charge in [0.15, 0.2) is 6.61 Å². The summed E-state index contributed by atoms with van der Waals surface area (Å²) in [7, 11) is -0.275. The Morgan fingerprint density at radius 2 is 1.84 bits per heavy atom. The third-order valence-electron chi connectivity index (χ3n) is 5.08. The topological polar surface area (TPSA) is 94.2 Å². The van der Waals surface area contributed by atoms with Crippen LogP contribution in [0.4, 0.5) is 5.69 Å². The van der Waals surface area contributed by atoms with E-state index in [4.69, 9.17) is 14.2 Å². The molecule has 1 heterocycles. The van der Waals surface area contributed by atoms with E-state index >= 15 is 0 Å². The number of benzene rings is 2. The number of rotatable bonds is 7. The molecule has 0 saturated heterocycles. The zero-order valence-corrected chi connectivity index (χ0v) is 19.2. The van der Waals surface area contributed by atoms with Crippen molar-refractivity contribution < 1.29 is 27.4 Å². The van der Waals surface area contributed by atoms with Gasteiger partial charge in [-0.3, -0.25) is 9.10 Å². The molecule has 0 unspecified atom stereocenters. The number of hydrogen-bond acceptors (Lipinski definition) is 6. The summed E-state index contributed by atoms with van der Waals surface area (Å²) in [6, 6.07) is 11.8. The lowest BCUT2D eigenvalue weighted by molar-refractivity contribution is -0.124. The van der Waals surface area contributed by atoms with Crippen molar-refractivity contribution in [2.24, 2.45) is 0 Å². The van der Waals surface area contributed by atoms with Gasteiger partial charge in [-0.15, -0.1) is 0 Å². The van der Waals surface area contributed by atoms with E-state index < -0.39 is 15.6 Å². The summed E-state index contributed by atoms with van der Waals surface area (Å²) in [5.41, 5.74) is 0.941. The first-order valence-electron chi connectivity index (χ1n) is 9.81. The smallest absolute Gasteiger partial charge is 0.258 e. The molecule has 1 atom stereocenters. The number of fused-ring (bicyclic) bond motifs is 1. The van der Waals surface area contributed by atoms with Crippen LogP contribution in [0.15, 0.2) is 42.5 Å². The molecule has 0 aromatic heterocycles. The average Bonchev–Trinajstić information content (AvgIpc) is 2.70. The molecule has 2 aromatic rings. The van der Waals surface area contributed by atoms with Gasteiger partial charge in [-0.2, -0.15) is 0 Å². The Labute approximate surface area is 183 Å². The van der Waals surface area contributed by atoms with Crippen molar-refractivity contribution in [2.45, 2.75) is 31.9 Å². The van der Waals surface area contributed by atoms with Crippen LogP contribution < -0.4 is 23.8 Å². The predicted molar refractivity (Wildman–Crippen MR) is 118 cm³/mol. The number of carbonyl (C=O) groups excluding carboxylic acids is 1. The fourth-order valence-electron chi connectivity index (χ4n) is 3.42. The van der Waals surface area contributed by atoms with Gasteiger partial charge >= 0.3 is 0 Å². The van der Waals surface area contributed by atoms with E-state index in [0.29, 0.717) is 29.4 Å². The molecule has 1 amide bonds. The minimum absolute atomic E-state index is 0.168. The second-order valence-corrected chi connectivity index (χ2v) is 10.1. The van der Waals surface area contributed by atoms with Gasteiger partial charge in [0.1, 0.15) is 22.8 Å². The Morgan fingerprint density at radius 1 is 1.19 bits per heavy atom. The van der Waals surface area contributed by atoms with Crippen LogP contribution in [0.2, 0.25) is 0 Å². The zero-order chi connectivity index (χ0) is 22.8. The Balaban J connectivity index is 1.65. The highest BCUT2D eigenvalue weighted by molar-refractivity contribution is 7.92. The first-order chi connectivity index (χ1) is 14.5. The van der Waals surface area contributed by atoms with Crippen molar-refractivity contribution in [3.8, 4) is 17.2 Å². The summed E-state index contributed by atoms with van der Waals surface area (Å²) >= 11 is 0. The van der Waals surface area contributed by atoms with Gasteiger partial charge in [0.25, 0.3) is 5.91 Å². The minimum atomic E-state index is -3.34. The zero-order valence-electron chi connectivity index (χ0n) is 18.3. The molecule has 3 rings (SSSR count). The van der Waals surface area contributed by atoms with E-state index in [1.54, 1.807) is 31.4 Å². The molecule has 0 fully saturated rings. The van der Waals surface area contributed by atoms with Gasteiger partial charge in [-0.1, -0.05) is 0 Å². The maximum Gasteiger partial charge on any atom is 0.258 e. The lowest BCUT2D eigenvalue weighted by atomic mass is 9.89. The molecule has 2 aromatic carbocycles. The van der Waals surface area contributed by atoms with E-state index in [0.717, 1.165) is 11.8 Å². The molecule has 1 aliphatic rings. The standard InChI is InChI=1S/C22H28N2O6S/c1-22(2)13-19(18-12-17(28-4)10-11-20(18)30-22)23-21(25)14-29-16-8-6-15(7-9-16)24(3)31(5,26)27/h6-12,19H,13-14H2,1-5H3,(H,23,25)/t19-/m1/s1. The Morgan fingerprint density at radius 3 is 2.45 bits per heavy atom. The summed E-state index contributed by atoms with van der Waals surface area (Å²) in [4.78, 5) is 12.6. The lowest BCUT2D eigenvalue weighted by Crippen LogP contribution is -2.42. The molecule has 0 spiro atoms. The van der Waals surface area contributed by atoms with Crippen molar-refractivity contribution in [1.82, 2.24) is 5.32 Å². The van der Waals surface area contributed by atoms with Gasteiger partial charge in [0, 0.05) is 19.0 Å². The van der Waals surface area contributed by atoms with Gasteiger partial charge < -0.3 is 19.5 Å². The Bertz CT molecular complexity index is 1050. The number of carbonyl (C=O) groups is 1. The maximum absolute atomic E-state index is 12.6. The number of methoxy groups -OCH3 is 1. The normalized spacial score (nSPS) is 17.1. The fraction of sp³-hybridized carbons (Fsp3) is 0.409. The Kier molecular flexibility index (Phi) is 6.35. The number of anilines is 1. The molecule has 1 N–H and O–H groups in total. The summed E-state index contributed by atoms with van der Waals surface area (Å²) in [6.07, 6.45) is 1.73. The quantitative estimate of drug-likeness (QED) is 0.700. The summed E-state index contributed by atoms with van der Waals surface area (Å²) < 4.78 is 41.3. The average molecular weight is 449 g/mol. The van der Waals surface area contributed by atoms with Crippen molar-refractivity contribution >= 4 is 21.6 Å². The third-order valence-corrected chi connectivity index (χ3v) is 6.28. The first kappa shape index (κ1) is 22.7. The van der Waals surface area contributed by atoms with Crippen LogP contribution in [0.25, 0.3) is 0 Å². The van der Waals surface area contributed by atoms with E-state index in [2.05, 4.69) is 5.32 Å². The van der Waals surface area contributed by atoms with Crippen LogP contribution >= 0.6 is 0 Å². The fourth-order valence-corrected chi connectivity index (χ4v) is 3.92. The van der Waals surface area contributed by atoms with E-state index in [9.17, 15) is 13.2 Å². The monoisotopic (exact) mass is 448 g/mol. The van der Waals surface area contributed by atoms with Crippen molar-refractivity contribution in [3.05, 3.63) is 48.0 Å². The summed E-state index contributed by atoms with van der Waals surface area (Å²) in [6.45, 7) is 3.79. The van der Waals surface area contributed by atoms with Crippen LogP contribution in [0.1, 0.15) is 31.9 Å². The molecule has 0 aliphatic carbocycles. The van der Waals surface area contributed by atoms with E-state index in [-0.39, 0.29) is 18.6 Å². The number of amides is 1. The summed E-state index contributed by atoms with van der Waals surface area (Å²) in [5, 5.41) is 3.01. The molecular formula is C22H28N2O6S. The second kappa shape index (κ2) is 8.66. The Hall–Kier alpha value is -2.94. The molecule has 1 aliphatic heterocycles. The maximum atomic E-state index is 12.6. The van der Waals surface area contributed by atoms with E-state index in [1.807, 2.05) is 32.0 Å². The van der Waals surface area contributed by atoms with Crippen molar-refractivity contribution in [1.29, 1.82) is 0 Å². The van der Waals surface area contributed by atoms with Crippen LogP contribution in [0.3, 0.4) is 0 Å². The number of hydrogen-bond donors (Lipinski definition) is 1. The number of nitrogens with zero attached hydrogens (tertiary/aromatic N) is 1. The number of nitrogens with one attached hydrogen (secondary N) is 1. The van der Waals surface area contributed by atoms with Crippen LogP contribution in [-0.4, -0.2) is 46.9 Å². The molecule has 168 valence electrons. The second-order valence-electron chi connectivity index (χ2n) is 8.10. The van der Waals surface area contributed by atoms with Crippen LogP contribution in [-0.2, 0) is 14.8 Å². The highest BCUT2D eigenvalue weighted by Gasteiger charge is 2.34. The summed E-state index contributed by atoms with van der Waals surface area (Å²) in [5.74, 6) is 1.61. The predicted octanol–water partition coefficient (Wildman–Crippen LogP) is 2.89. The third kappa shape index (κ3) is 5.61. The van der Waals surface area contributed by atoms with Gasteiger partial charge in [-0.05, 0) is 56.3 Å². The largest absolute Gasteiger partial charge is 0.497 e. The van der Waals surface area contributed by atoms with Gasteiger partial charge in [0.05, 0.1) is 25.1 Å². The van der Waals surface area contributed by atoms with Gasteiger partial charge in [-0.25, -0.2) is 8.42 Å². The van der Waals surface area contributed by atoms with Gasteiger partial charge in [0.2, 0.25) is 10.0 Å². The molecule has 8 nitrogen and oxygen atoms in total. The molecule has 31 heavy (non-hydrogen) atoms. The van der Waals surface area contributed by atoms with Crippen LogP contribution in [0, 0.1) is 0 Å². The van der Waals surface area contributed by atoms with E-state index in [1.165, 1.54) is 11.4 Å². The minimum Gasteiger partial charge on any atom is -0.497 e. The van der Waals surface area contributed by atoms with Crippen LogP contribution in [0.5, 0.6) is 17.2 Å². The lowest BCUT2D eigenvalue weighted by Gasteiger charge is -2.38.